The Hall–Kier alpha value is 0. The van der Waals surface area contributed by atoms with Crippen molar-refractivity contribution in [3.05, 3.63) is 0 Å². The summed E-state index contributed by atoms with van der Waals surface area (Å²) in [5, 5.41) is 0. The zero-order valence-electron chi connectivity index (χ0n) is 7.78. The summed E-state index contributed by atoms with van der Waals surface area (Å²) in [6, 6.07) is 0. The van der Waals surface area contributed by atoms with Gasteiger partial charge in [0.2, 0.25) is 0 Å². The molecule has 1 fully saturated rings. The Morgan fingerprint density at radius 1 is 1.50 bits per heavy atom. The zero-order chi connectivity index (χ0) is 7.78. The lowest BCUT2D eigenvalue weighted by molar-refractivity contribution is 0.0254. The van der Waals surface area contributed by atoms with Crippen LogP contribution in [0.2, 0.25) is 0 Å². The van der Waals surface area contributed by atoms with Gasteiger partial charge < -0.3 is 0 Å². The average molecular weight is 140 g/mol. The third-order valence-electron chi connectivity index (χ3n) is 3.43. The Morgan fingerprint density at radius 3 is 2.30 bits per heavy atom. The van der Waals surface area contributed by atoms with E-state index in [1.165, 1.54) is 19.3 Å². The molecule has 0 heteroatoms. The highest BCUT2D eigenvalue weighted by Gasteiger charge is 2.40. The third-order valence-corrected chi connectivity index (χ3v) is 3.43. The smallest absolute Gasteiger partial charge is 0.0295 e. The zero-order valence-corrected chi connectivity index (χ0v) is 7.78. The van der Waals surface area contributed by atoms with E-state index in [4.69, 9.17) is 0 Å². The minimum atomic E-state index is 0.703. The molecule has 0 bridgehead atoms. The van der Waals surface area contributed by atoms with Gasteiger partial charge in [0.15, 0.2) is 0 Å². The molecule has 0 aliphatic heterocycles. The van der Waals surface area contributed by atoms with E-state index in [1.54, 1.807) is 0 Å². The van der Waals surface area contributed by atoms with Crippen molar-refractivity contribution < 1.29 is 0 Å². The van der Waals surface area contributed by atoms with Crippen LogP contribution in [0.1, 0.15) is 47.0 Å². The van der Waals surface area contributed by atoms with Gasteiger partial charge in [0.1, 0.15) is 0 Å². The van der Waals surface area contributed by atoms with Crippen molar-refractivity contribution in [1.82, 2.24) is 0 Å². The van der Waals surface area contributed by atoms with E-state index in [2.05, 4.69) is 27.7 Å². The first-order chi connectivity index (χ1) is 4.58. The van der Waals surface area contributed by atoms with Gasteiger partial charge in [0.25, 0.3) is 0 Å². The highest BCUT2D eigenvalue weighted by Crippen LogP contribution is 2.51. The van der Waals surface area contributed by atoms with Gasteiger partial charge >= 0.3 is 0 Å². The first kappa shape index (κ1) is 8.10. The summed E-state index contributed by atoms with van der Waals surface area (Å²) in [5.74, 6) is 1.93. The molecule has 1 unspecified atom stereocenters. The summed E-state index contributed by atoms with van der Waals surface area (Å²) >= 11 is 0. The fourth-order valence-electron chi connectivity index (χ4n) is 2.43. The van der Waals surface area contributed by atoms with Crippen LogP contribution in [0.25, 0.3) is 0 Å². The SMILES string of the molecule is CCC(C)C1(C)CC(C)C1. The fourth-order valence-corrected chi connectivity index (χ4v) is 2.43. The summed E-state index contributed by atoms with van der Waals surface area (Å²) in [5.41, 5.74) is 0.703. The molecule has 1 aliphatic rings. The molecule has 1 rings (SSSR count). The van der Waals surface area contributed by atoms with Crippen molar-refractivity contribution in [1.29, 1.82) is 0 Å². The topological polar surface area (TPSA) is 0 Å². The van der Waals surface area contributed by atoms with Gasteiger partial charge in [-0.25, -0.2) is 0 Å². The standard InChI is InChI=1S/C10H20/c1-5-9(3)10(4)6-8(2)7-10/h8-9H,5-7H2,1-4H3. The predicted molar refractivity (Wildman–Crippen MR) is 46.0 cm³/mol. The van der Waals surface area contributed by atoms with Crippen molar-refractivity contribution in [2.24, 2.45) is 17.3 Å². The Morgan fingerprint density at radius 2 is 2.00 bits per heavy atom. The molecule has 0 nitrogen and oxygen atoms in total. The van der Waals surface area contributed by atoms with Crippen LogP contribution in [0.15, 0.2) is 0 Å². The van der Waals surface area contributed by atoms with Crippen molar-refractivity contribution in [3.63, 3.8) is 0 Å². The molecule has 0 spiro atoms. The molecule has 0 N–H and O–H groups in total. The highest BCUT2D eigenvalue weighted by atomic mass is 14.5. The molecule has 0 saturated heterocycles. The van der Waals surface area contributed by atoms with Gasteiger partial charge in [-0.1, -0.05) is 34.1 Å². The quantitative estimate of drug-likeness (QED) is 0.551. The second kappa shape index (κ2) is 2.56. The third kappa shape index (κ3) is 1.21. The molecule has 0 aromatic heterocycles. The normalized spacial score (nSPS) is 42.6. The van der Waals surface area contributed by atoms with Crippen molar-refractivity contribution in [2.45, 2.75) is 47.0 Å². The summed E-state index contributed by atoms with van der Waals surface area (Å²) in [7, 11) is 0. The van der Waals surface area contributed by atoms with E-state index in [0.717, 1.165) is 11.8 Å². The van der Waals surface area contributed by atoms with Crippen LogP contribution in [0, 0.1) is 17.3 Å². The van der Waals surface area contributed by atoms with Crippen LogP contribution in [0.4, 0.5) is 0 Å². The summed E-state index contributed by atoms with van der Waals surface area (Å²) in [6.07, 6.45) is 4.27. The first-order valence-corrected chi connectivity index (χ1v) is 4.58. The lowest BCUT2D eigenvalue weighted by Gasteiger charge is -2.48. The minimum absolute atomic E-state index is 0.703. The Bertz CT molecular complexity index is 109. The first-order valence-electron chi connectivity index (χ1n) is 4.58. The van der Waals surface area contributed by atoms with Gasteiger partial charge in [0.05, 0.1) is 0 Å². The van der Waals surface area contributed by atoms with E-state index in [1.807, 2.05) is 0 Å². The van der Waals surface area contributed by atoms with Gasteiger partial charge in [-0.2, -0.15) is 0 Å². The molecule has 0 amide bonds. The molecule has 1 saturated carbocycles. The maximum Gasteiger partial charge on any atom is -0.0295 e. The van der Waals surface area contributed by atoms with E-state index in [9.17, 15) is 0 Å². The predicted octanol–water partition coefficient (Wildman–Crippen LogP) is 3.47. The molecule has 0 radical (unpaired) electrons. The second-order valence-electron chi connectivity index (χ2n) is 4.48. The van der Waals surface area contributed by atoms with E-state index >= 15 is 0 Å². The van der Waals surface area contributed by atoms with Crippen LogP contribution < -0.4 is 0 Å². The highest BCUT2D eigenvalue weighted by molar-refractivity contribution is 4.91. The Balaban J connectivity index is 2.40. The average Bonchev–Trinajstić information content (AvgIpc) is 1.83. The molecule has 0 aromatic carbocycles. The molecule has 0 heterocycles. The van der Waals surface area contributed by atoms with Crippen LogP contribution >= 0.6 is 0 Å². The molecule has 1 atom stereocenters. The summed E-state index contributed by atoms with van der Waals surface area (Å²) in [4.78, 5) is 0. The van der Waals surface area contributed by atoms with Crippen molar-refractivity contribution in [2.75, 3.05) is 0 Å². The molecule has 10 heavy (non-hydrogen) atoms. The Labute approximate surface area is 65.0 Å². The Kier molecular flexibility index (Phi) is 2.07. The van der Waals surface area contributed by atoms with E-state index in [-0.39, 0.29) is 0 Å². The van der Waals surface area contributed by atoms with Crippen molar-refractivity contribution in [3.8, 4) is 0 Å². The number of rotatable bonds is 2. The molecule has 0 aromatic rings. The van der Waals surface area contributed by atoms with Gasteiger partial charge in [0, 0.05) is 0 Å². The molecular weight excluding hydrogens is 120 g/mol. The lowest BCUT2D eigenvalue weighted by atomic mass is 9.57. The summed E-state index contributed by atoms with van der Waals surface area (Å²) < 4.78 is 0. The number of hydrogen-bond donors (Lipinski definition) is 0. The largest absolute Gasteiger partial charge is 0.0651 e. The molecule has 1 aliphatic carbocycles. The monoisotopic (exact) mass is 140 g/mol. The summed E-state index contributed by atoms with van der Waals surface area (Å²) in [6.45, 7) is 9.51. The lowest BCUT2D eigenvalue weighted by Crippen LogP contribution is -2.38. The van der Waals surface area contributed by atoms with E-state index in [0.29, 0.717) is 5.41 Å². The van der Waals surface area contributed by atoms with Crippen LogP contribution in [-0.4, -0.2) is 0 Å². The second-order valence-corrected chi connectivity index (χ2v) is 4.48. The van der Waals surface area contributed by atoms with Gasteiger partial charge in [-0.05, 0) is 30.1 Å². The van der Waals surface area contributed by atoms with Crippen LogP contribution in [0.5, 0.6) is 0 Å². The van der Waals surface area contributed by atoms with Crippen LogP contribution in [-0.2, 0) is 0 Å². The van der Waals surface area contributed by atoms with Gasteiger partial charge in [-0.15, -0.1) is 0 Å². The van der Waals surface area contributed by atoms with Crippen LogP contribution in [0.3, 0.4) is 0 Å². The maximum absolute atomic E-state index is 2.45. The number of hydrogen-bond acceptors (Lipinski definition) is 0. The van der Waals surface area contributed by atoms with Crippen molar-refractivity contribution >= 4 is 0 Å². The minimum Gasteiger partial charge on any atom is -0.0651 e. The molecular formula is C10H20. The van der Waals surface area contributed by atoms with E-state index < -0.39 is 0 Å². The molecule has 60 valence electrons. The van der Waals surface area contributed by atoms with Gasteiger partial charge in [-0.3, -0.25) is 0 Å². The maximum atomic E-state index is 2.45. The fraction of sp³-hybridized carbons (Fsp3) is 1.00.